The molecule has 5 heteroatoms. The summed E-state index contributed by atoms with van der Waals surface area (Å²) in [6.07, 6.45) is -4.17. The molecule has 102 valence electrons. The van der Waals surface area contributed by atoms with Crippen LogP contribution in [0.1, 0.15) is 18.4 Å². The molecule has 0 heterocycles. The van der Waals surface area contributed by atoms with Crippen molar-refractivity contribution in [2.24, 2.45) is 0 Å². The van der Waals surface area contributed by atoms with E-state index < -0.39 is 18.8 Å². The second kappa shape index (κ2) is 7.38. The minimum absolute atomic E-state index is 0.436. The maximum Gasteiger partial charge on any atom is 0.415 e. The van der Waals surface area contributed by atoms with Gasteiger partial charge in [-0.25, -0.2) is 0 Å². The number of halogens is 3. The van der Waals surface area contributed by atoms with Crippen molar-refractivity contribution >= 4 is 0 Å². The van der Waals surface area contributed by atoms with Crippen LogP contribution in [0.4, 0.5) is 13.2 Å². The van der Waals surface area contributed by atoms with Crippen molar-refractivity contribution in [3.8, 4) is 0 Å². The van der Waals surface area contributed by atoms with Crippen LogP contribution >= 0.6 is 0 Å². The summed E-state index contributed by atoms with van der Waals surface area (Å²) in [5.41, 5.74) is 1.23. The largest absolute Gasteiger partial charge is 0.415 e. The van der Waals surface area contributed by atoms with Crippen molar-refractivity contribution in [1.29, 1.82) is 0 Å². The summed E-state index contributed by atoms with van der Waals surface area (Å²) in [6, 6.07) is 9.94. The van der Waals surface area contributed by atoms with E-state index in [1.54, 1.807) is 0 Å². The summed E-state index contributed by atoms with van der Waals surface area (Å²) in [6.45, 7) is 0.0504. The lowest BCUT2D eigenvalue weighted by Crippen LogP contribution is -2.38. The van der Waals surface area contributed by atoms with Crippen molar-refractivity contribution in [2.75, 3.05) is 13.1 Å². The first-order valence-electron chi connectivity index (χ1n) is 5.99. The first kappa shape index (κ1) is 15.0. The fourth-order valence-corrected chi connectivity index (χ4v) is 1.58. The molecule has 0 saturated carbocycles. The zero-order chi connectivity index (χ0) is 13.4. The van der Waals surface area contributed by atoms with Crippen molar-refractivity contribution in [3.05, 3.63) is 35.9 Å². The average molecular weight is 261 g/mol. The van der Waals surface area contributed by atoms with Crippen LogP contribution in [0.15, 0.2) is 30.3 Å². The van der Waals surface area contributed by atoms with Crippen LogP contribution in [-0.4, -0.2) is 30.5 Å². The molecule has 1 aromatic rings. The number of aliphatic hydroxyl groups is 1. The highest BCUT2D eigenvalue weighted by Gasteiger charge is 2.37. The summed E-state index contributed by atoms with van der Waals surface area (Å²) >= 11 is 0. The Morgan fingerprint density at radius 2 is 1.78 bits per heavy atom. The molecule has 1 unspecified atom stereocenters. The number of aryl methyl sites for hydroxylation is 1. The molecule has 18 heavy (non-hydrogen) atoms. The third kappa shape index (κ3) is 6.02. The van der Waals surface area contributed by atoms with Gasteiger partial charge in [-0.2, -0.15) is 13.2 Å². The summed E-state index contributed by atoms with van der Waals surface area (Å²) in [7, 11) is 0. The maximum atomic E-state index is 12.0. The number of hydrogen-bond acceptors (Lipinski definition) is 2. The van der Waals surface area contributed by atoms with E-state index in [0.717, 1.165) is 19.3 Å². The van der Waals surface area contributed by atoms with Crippen molar-refractivity contribution in [2.45, 2.75) is 31.5 Å². The van der Waals surface area contributed by atoms with Crippen molar-refractivity contribution in [3.63, 3.8) is 0 Å². The molecule has 0 fully saturated rings. The predicted molar refractivity (Wildman–Crippen MR) is 64.3 cm³/mol. The third-order valence-corrected chi connectivity index (χ3v) is 2.63. The van der Waals surface area contributed by atoms with Gasteiger partial charge in [-0.05, 0) is 31.4 Å². The lowest BCUT2D eigenvalue weighted by molar-refractivity contribution is -0.201. The van der Waals surface area contributed by atoms with E-state index in [-0.39, 0.29) is 0 Å². The second-order valence-electron chi connectivity index (χ2n) is 4.20. The Kier molecular flexibility index (Phi) is 6.15. The summed E-state index contributed by atoms with van der Waals surface area (Å²) in [5.74, 6) is 0. The van der Waals surface area contributed by atoms with Gasteiger partial charge in [-0.3, -0.25) is 0 Å². The Labute approximate surface area is 105 Å². The number of rotatable bonds is 7. The molecular weight excluding hydrogens is 243 g/mol. The Balaban J connectivity index is 2.03. The van der Waals surface area contributed by atoms with Gasteiger partial charge in [-0.15, -0.1) is 0 Å². The molecule has 0 saturated heterocycles. The van der Waals surface area contributed by atoms with E-state index in [4.69, 9.17) is 5.11 Å². The van der Waals surface area contributed by atoms with E-state index in [1.165, 1.54) is 5.56 Å². The van der Waals surface area contributed by atoms with Gasteiger partial charge in [0.05, 0.1) is 0 Å². The van der Waals surface area contributed by atoms with E-state index in [0.29, 0.717) is 6.54 Å². The van der Waals surface area contributed by atoms with Gasteiger partial charge in [0, 0.05) is 6.54 Å². The van der Waals surface area contributed by atoms with Gasteiger partial charge in [0.15, 0.2) is 6.10 Å². The molecule has 2 nitrogen and oxygen atoms in total. The monoisotopic (exact) mass is 261 g/mol. The Hall–Kier alpha value is -1.07. The van der Waals surface area contributed by atoms with Crippen LogP contribution in [-0.2, 0) is 6.42 Å². The molecule has 0 aromatic heterocycles. The summed E-state index contributed by atoms with van der Waals surface area (Å²) in [5, 5.41) is 11.3. The highest BCUT2D eigenvalue weighted by Crippen LogP contribution is 2.19. The predicted octanol–water partition coefficient (Wildman–Crippen LogP) is 2.52. The Morgan fingerprint density at radius 1 is 1.11 bits per heavy atom. The molecule has 0 aliphatic heterocycles. The average Bonchev–Trinajstić information content (AvgIpc) is 2.33. The van der Waals surface area contributed by atoms with Crippen LogP contribution in [0.5, 0.6) is 0 Å². The maximum absolute atomic E-state index is 12.0. The molecular formula is C13H18F3NO. The minimum Gasteiger partial charge on any atom is -0.382 e. The molecule has 1 atom stereocenters. The van der Waals surface area contributed by atoms with Gasteiger partial charge in [0.25, 0.3) is 0 Å². The molecule has 0 bridgehead atoms. The number of aliphatic hydroxyl groups excluding tert-OH is 1. The Bertz CT molecular complexity index is 327. The molecule has 0 aliphatic rings. The summed E-state index contributed by atoms with van der Waals surface area (Å²) in [4.78, 5) is 0. The van der Waals surface area contributed by atoms with E-state index >= 15 is 0 Å². The topological polar surface area (TPSA) is 32.3 Å². The van der Waals surface area contributed by atoms with Crippen molar-refractivity contribution < 1.29 is 18.3 Å². The third-order valence-electron chi connectivity index (χ3n) is 2.63. The highest BCUT2D eigenvalue weighted by molar-refractivity contribution is 5.14. The van der Waals surface area contributed by atoms with Crippen LogP contribution in [0.2, 0.25) is 0 Å². The van der Waals surface area contributed by atoms with Gasteiger partial charge < -0.3 is 10.4 Å². The number of unbranched alkanes of at least 4 members (excludes halogenated alkanes) is 1. The molecule has 1 rings (SSSR count). The summed E-state index contributed by atoms with van der Waals surface area (Å²) < 4.78 is 35.9. The number of hydrogen-bond donors (Lipinski definition) is 2. The second-order valence-corrected chi connectivity index (χ2v) is 4.20. The zero-order valence-corrected chi connectivity index (χ0v) is 10.1. The van der Waals surface area contributed by atoms with Crippen LogP contribution in [0.3, 0.4) is 0 Å². The fourth-order valence-electron chi connectivity index (χ4n) is 1.58. The van der Waals surface area contributed by atoms with E-state index in [2.05, 4.69) is 5.32 Å². The van der Waals surface area contributed by atoms with Crippen molar-refractivity contribution in [1.82, 2.24) is 5.32 Å². The standard InChI is InChI=1S/C13H18F3NO/c14-13(15,16)12(18)10-17-9-5-4-8-11-6-2-1-3-7-11/h1-3,6-7,12,17-18H,4-5,8-10H2. The van der Waals surface area contributed by atoms with Crippen LogP contribution < -0.4 is 5.32 Å². The normalized spacial score (nSPS) is 13.6. The van der Waals surface area contributed by atoms with Crippen LogP contribution in [0.25, 0.3) is 0 Å². The van der Waals surface area contributed by atoms with Gasteiger partial charge in [-0.1, -0.05) is 30.3 Å². The highest BCUT2D eigenvalue weighted by atomic mass is 19.4. The smallest absolute Gasteiger partial charge is 0.382 e. The van der Waals surface area contributed by atoms with Crippen LogP contribution in [0, 0.1) is 0 Å². The SMILES string of the molecule is OC(CNCCCCc1ccccc1)C(F)(F)F. The number of benzene rings is 1. The molecule has 1 aromatic carbocycles. The minimum atomic E-state index is -4.53. The lowest BCUT2D eigenvalue weighted by Gasteiger charge is -2.14. The Morgan fingerprint density at radius 3 is 2.39 bits per heavy atom. The molecule has 0 spiro atoms. The zero-order valence-electron chi connectivity index (χ0n) is 10.1. The molecule has 2 N–H and O–H groups in total. The molecule has 0 amide bonds. The van der Waals surface area contributed by atoms with Gasteiger partial charge in [0.2, 0.25) is 0 Å². The van der Waals surface area contributed by atoms with E-state index in [9.17, 15) is 13.2 Å². The molecule has 0 aliphatic carbocycles. The van der Waals surface area contributed by atoms with Gasteiger partial charge >= 0.3 is 6.18 Å². The number of nitrogens with one attached hydrogen (secondary N) is 1. The number of alkyl halides is 3. The fraction of sp³-hybridized carbons (Fsp3) is 0.538. The lowest BCUT2D eigenvalue weighted by atomic mass is 10.1. The first-order chi connectivity index (χ1) is 8.50. The van der Waals surface area contributed by atoms with Gasteiger partial charge in [0.1, 0.15) is 0 Å². The quantitative estimate of drug-likeness (QED) is 0.739. The molecule has 0 radical (unpaired) electrons. The van der Waals surface area contributed by atoms with E-state index in [1.807, 2.05) is 30.3 Å². The first-order valence-corrected chi connectivity index (χ1v) is 5.99.